The van der Waals surface area contributed by atoms with Gasteiger partial charge in [-0.25, -0.2) is 0 Å². The molecule has 1 unspecified atom stereocenters. The van der Waals surface area contributed by atoms with Gasteiger partial charge in [-0.1, -0.05) is 58.4 Å². The van der Waals surface area contributed by atoms with Crippen molar-refractivity contribution in [2.45, 2.75) is 12.2 Å². The summed E-state index contributed by atoms with van der Waals surface area (Å²) in [6.45, 7) is 1.35. The van der Waals surface area contributed by atoms with Gasteiger partial charge in [0.25, 0.3) is 0 Å². The Morgan fingerprint density at radius 2 is 1.67 bits per heavy atom. The molecule has 0 saturated carbocycles. The number of hydrogen-bond donors (Lipinski definition) is 0. The number of ether oxygens (including phenoxy) is 1. The molecule has 0 amide bonds. The van der Waals surface area contributed by atoms with Crippen LogP contribution in [-0.4, -0.2) is 24.1 Å². The third kappa shape index (κ3) is 3.26. The van der Waals surface area contributed by atoms with Crippen LogP contribution in [0.5, 0.6) is 0 Å². The summed E-state index contributed by atoms with van der Waals surface area (Å²) in [5.74, 6) is 0. The fraction of sp³-hybridized carbons (Fsp3) is 0.235. The lowest BCUT2D eigenvalue weighted by molar-refractivity contribution is -0.0615. The monoisotopic (exact) mass is 342 g/mol. The number of likely N-dealkylation sites (tertiary alicyclic amines) is 1. The molecule has 2 aromatic rings. The normalized spacial score (nSPS) is 16.1. The van der Waals surface area contributed by atoms with E-state index in [1.54, 1.807) is 4.90 Å². The van der Waals surface area contributed by atoms with Crippen molar-refractivity contribution in [1.29, 1.82) is 5.26 Å². The van der Waals surface area contributed by atoms with Crippen LogP contribution in [0.2, 0.25) is 0 Å². The van der Waals surface area contributed by atoms with Crippen LogP contribution in [-0.2, 0) is 4.74 Å². The fourth-order valence-corrected chi connectivity index (χ4v) is 2.68. The minimum absolute atomic E-state index is 0.0925. The quantitative estimate of drug-likeness (QED) is 0.794. The van der Waals surface area contributed by atoms with Gasteiger partial charge >= 0.3 is 0 Å². The molecule has 1 atom stereocenters. The SMILES string of the molecule is N#CN1CC(OC(c2ccccc2)c2ccc(Br)cc2)C1. The van der Waals surface area contributed by atoms with Crippen LogP contribution in [0.1, 0.15) is 17.2 Å². The highest BCUT2D eigenvalue weighted by Crippen LogP contribution is 2.30. The number of benzene rings is 2. The Morgan fingerprint density at radius 1 is 1.05 bits per heavy atom. The van der Waals surface area contributed by atoms with Gasteiger partial charge in [-0.2, -0.15) is 5.26 Å². The van der Waals surface area contributed by atoms with Gasteiger partial charge in [0.15, 0.2) is 6.19 Å². The average molecular weight is 343 g/mol. The maximum absolute atomic E-state index is 8.82. The Balaban J connectivity index is 1.82. The number of nitriles is 1. The number of hydrogen-bond acceptors (Lipinski definition) is 3. The first kappa shape index (κ1) is 14.1. The summed E-state index contributed by atoms with van der Waals surface area (Å²) in [6, 6.07) is 18.4. The molecule has 1 fully saturated rings. The molecule has 0 spiro atoms. The first-order valence-corrected chi connectivity index (χ1v) is 7.66. The Hall–Kier alpha value is -1.83. The van der Waals surface area contributed by atoms with Crippen molar-refractivity contribution in [1.82, 2.24) is 4.90 Å². The lowest BCUT2D eigenvalue weighted by atomic mass is 10.0. The highest BCUT2D eigenvalue weighted by molar-refractivity contribution is 9.10. The molecular weight excluding hydrogens is 328 g/mol. The summed E-state index contributed by atoms with van der Waals surface area (Å²) in [7, 11) is 0. The van der Waals surface area contributed by atoms with E-state index in [0.29, 0.717) is 13.1 Å². The summed E-state index contributed by atoms with van der Waals surface area (Å²) < 4.78 is 7.28. The Morgan fingerprint density at radius 3 is 2.29 bits per heavy atom. The smallest absolute Gasteiger partial charge is 0.179 e. The van der Waals surface area contributed by atoms with Gasteiger partial charge in [0.2, 0.25) is 0 Å². The Kier molecular flexibility index (Phi) is 4.23. The largest absolute Gasteiger partial charge is 0.362 e. The number of nitrogens with zero attached hydrogens (tertiary/aromatic N) is 2. The van der Waals surface area contributed by atoms with Crippen molar-refractivity contribution in [2.75, 3.05) is 13.1 Å². The molecular formula is C17H15BrN2O. The van der Waals surface area contributed by atoms with Crippen LogP contribution in [0, 0.1) is 11.5 Å². The van der Waals surface area contributed by atoms with Gasteiger partial charge in [0.1, 0.15) is 6.10 Å². The molecule has 21 heavy (non-hydrogen) atoms. The van der Waals surface area contributed by atoms with E-state index >= 15 is 0 Å². The summed E-state index contributed by atoms with van der Waals surface area (Å²) in [4.78, 5) is 1.70. The molecule has 0 aromatic heterocycles. The third-order valence-electron chi connectivity index (χ3n) is 3.59. The molecule has 0 bridgehead atoms. The van der Waals surface area contributed by atoms with Gasteiger partial charge in [-0.3, -0.25) is 0 Å². The van der Waals surface area contributed by atoms with Crippen LogP contribution in [0.15, 0.2) is 59.1 Å². The van der Waals surface area contributed by atoms with E-state index in [4.69, 9.17) is 10.00 Å². The zero-order chi connectivity index (χ0) is 14.7. The summed E-state index contributed by atoms with van der Waals surface area (Å²) in [5.41, 5.74) is 2.26. The molecule has 2 aromatic carbocycles. The maximum Gasteiger partial charge on any atom is 0.179 e. The van der Waals surface area contributed by atoms with E-state index in [0.717, 1.165) is 15.6 Å². The summed E-state index contributed by atoms with van der Waals surface area (Å²) >= 11 is 3.46. The molecule has 0 aliphatic carbocycles. The van der Waals surface area contributed by atoms with Crippen molar-refractivity contribution < 1.29 is 4.74 Å². The zero-order valence-corrected chi connectivity index (χ0v) is 13.0. The fourth-order valence-electron chi connectivity index (χ4n) is 2.41. The first-order chi connectivity index (χ1) is 10.3. The predicted octanol–water partition coefficient (Wildman–Crippen LogP) is 3.72. The molecule has 1 heterocycles. The summed E-state index contributed by atoms with van der Waals surface area (Å²) in [6.07, 6.45) is 2.16. The molecule has 1 aliphatic rings. The molecule has 1 aliphatic heterocycles. The van der Waals surface area contributed by atoms with Gasteiger partial charge in [-0.05, 0) is 23.3 Å². The molecule has 0 radical (unpaired) electrons. The first-order valence-electron chi connectivity index (χ1n) is 6.87. The second-order valence-electron chi connectivity index (χ2n) is 5.11. The zero-order valence-electron chi connectivity index (χ0n) is 11.4. The predicted molar refractivity (Wildman–Crippen MR) is 84.5 cm³/mol. The second kappa shape index (κ2) is 6.30. The molecule has 1 saturated heterocycles. The van der Waals surface area contributed by atoms with Crippen LogP contribution < -0.4 is 0 Å². The Labute approximate surface area is 132 Å². The van der Waals surface area contributed by atoms with E-state index in [1.807, 2.05) is 30.3 Å². The minimum atomic E-state index is -0.0925. The molecule has 0 N–H and O–H groups in total. The molecule has 3 rings (SSSR count). The van der Waals surface area contributed by atoms with E-state index in [2.05, 4.69) is 46.4 Å². The lowest BCUT2D eigenvalue weighted by Gasteiger charge is -2.37. The highest BCUT2D eigenvalue weighted by atomic mass is 79.9. The number of rotatable bonds is 4. The van der Waals surface area contributed by atoms with Crippen molar-refractivity contribution in [3.63, 3.8) is 0 Å². The minimum Gasteiger partial charge on any atom is -0.362 e. The van der Waals surface area contributed by atoms with Crippen LogP contribution in [0.4, 0.5) is 0 Å². The van der Waals surface area contributed by atoms with Gasteiger partial charge in [-0.15, -0.1) is 0 Å². The van der Waals surface area contributed by atoms with Crippen LogP contribution >= 0.6 is 15.9 Å². The van der Waals surface area contributed by atoms with Crippen molar-refractivity contribution in [2.24, 2.45) is 0 Å². The summed E-state index contributed by atoms with van der Waals surface area (Å²) in [5, 5.41) is 8.82. The van der Waals surface area contributed by atoms with Crippen molar-refractivity contribution >= 4 is 15.9 Å². The molecule has 4 heteroatoms. The van der Waals surface area contributed by atoms with Gasteiger partial charge < -0.3 is 9.64 Å². The van der Waals surface area contributed by atoms with Gasteiger partial charge in [0.05, 0.1) is 19.2 Å². The van der Waals surface area contributed by atoms with Crippen LogP contribution in [0.25, 0.3) is 0 Å². The van der Waals surface area contributed by atoms with E-state index < -0.39 is 0 Å². The Bertz CT molecular complexity index is 630. The van der Waals surface area contributed by atoms with Crippen LogP contribution in [0.3, 0.4) is 0 Å². The highest BCUT2D eigenvalue weighted by Gasteiger charge is 2.30. The van der Waals surface area contributed by atoms with E-state index in [-0.39, 0.29) is 12.2 Å². The van der Waals surface area contributed by atoms with Crippen molar-refractivity contribution in [3.8, 4) is 6.19 Å². The standard InChI is InChI=1S/C17H15BrN2O/c18-15-8-6-14(7-9-15)17(13-4-2-1-3-5-13)21-16-10-20(11-16)12-19/h1-9,16-17H,10-11H2. The van der Waals surface area contributed by atoms with E-state index in [1.165, 1.54) is 0 Å². The lowest BCUT2D eigenvalue weighted by Crippen LogP contribution is -2.49. The molecule has 106 valence electrons. The maximum atomic E-state index is 8.82. The number of halogens is 1. The second-order valence-corrected chi connectivity index (χ2v) is 6.02. The van der Waals surface area contributed by atoms with E-state index in [9.17, 15) is 0 Å². The van der Waals surface area contributed by atoms with Crippen molar-refractivity contribution in [3.05, 3.63) is 70.2 Å². The molecule has 3 nitrogen and oxygen atoms in total. The topological polar surface area (TPSA) is 36.3 Å². The average Bonchev–Trinajstić information content (AvgIpc) is 2.48. The third-order valence-corrected chi connectivity index (χ3v) is 4.12. The van der Waals surface area contributed by atoms with Gasteiger partial charge in [0, 0.05) is 4.47 Å².